The topological polar surface area (TPSA) is 119 Å². The maximum atomic E-state index is 12.8. The molecule has 0 amide bonds. The van der Waals surface area contributed by atoms with Gasteiger partial charge in [0.1, 0.15) is 12.4 Å². The lowest BCUT2D eigenvalue weighted by atomic mass is 9.78. The second-order valence-electron chi connectivity index (χ2n) is 7.08. The minimum atomic E-state index is -3.90. The van der Waals surface area contributed by atoms with Crippen LogP contribution in [0.2, 0.25) is 0 Å². The van der Waals surface area contributed by atoms with Crippen molar-refractivity contribution in [3.05, 3.63) is 39.7 Å². The number of hydrogen-bond donors (Lipinski definition) is 2. The van der Waals surface area contributed by atoms with Gasteiger partial charge in [0.25, 0.3) is 0 Å². The second-order valence-corrected chi connectivity index (χ2v) is 8.58. The summed E-state index contributed by atoms with van der Waals surface area (Å²) in [5, 5.41) is 20.0. The first-order valence-electron chi connectivity index (χ1n) is 9.30. The van der Waals surface area contributed by atoms with Crippen LogP contribution >= 0.6 is 0 Å². The Kier molecular flexibility index (Phi) is 6.67. The highest BCUT2D eigenvalue weighted by Gasteiger charge is 2.34. The number of rotatable bonds is 6. The predicted molar refractivity (Wildman–Crippen MR) is 108 cm³/mol. The van der Waals surface area contributed by atoms with Crippen molar-refractivity contribution in [3.63, 3.8) is 0 Å². The maximum absolute atomic E-state index is 12.8. The third-order valence-electron chi connectivity index (χ3n) is 5.02. The average Bonchev–Trinajstić information content (AvgIpc) is 2.55. The summed E-state index contributed by atoms with van der Waals surface area (Å²) in [4.78, 5) is 18.0. The summed E-state index contributed by atoms with van der Waals surface area (Å²) in [6.07, 6.45) is 0.828. The van der Waals surface area contributed by atoms with Crippen molar-refractivity contribution in [3.8, 4) is 0 Å². The number of sulfonamides is 1. The van der Waals surface area contributed by atoms with Gasteiger partial charge < -0.3 is 9.94 Å². The molecule has 0 heterocycles. The standard InChI is InChI=1S/C20H28N2O5S/c1-6-15(22-27-7-2)19-16(23)9-14(10-17(19)24)18-11(3)8-12(4)20(13(18)5)28(21,25)26/h8,14,23H,6-7,9-10H2,1-5H3,(H2,21,25,26)/b22-15-. The molecule has 1 aliphatic rings. The van der Waals surface area contributed by atoms with Crippen LogP contribution in [0, 0.1) is 20.8 Å². The number of oxime groups is 1. The lowest BCUT2D eigenvalue weighted by Gasteiger charge is -2.28. The minimum absolute atomic E-state index is 0.0434. The van der Waals surface area contributed by atoms with Gasteiger partial charge in [-0.25, -0.2) is 13.6 Å². The quantitative estimate of drug-likeness (QED) is 0.553. The van der Waals surface area contributed by atoms with Crippen LogP contribution in [0.25, 0.3) is 0 Å². The van der Waals surface area contributed by atoms with Crippen LogP contribution in [0.1, 0.15) is 61.3 Å². The van der Waals surface area contributed by atoms with Gasteiger partial charge in [-0.2, -0.15) is 0 Å². The molecule has 28 heavy (non-hydrogen) atoms. The average molecular weight is 409 g/mol. The Morgan fingerprint density at radius 1 is 1.25 bits per heavy atom. The van der Waals surface area contributed by atoms with E-state index in [1.807, 2.05) is 13.8 Å². The Morgan fingerprint density at radius 3 is 2.39 bits per heavy atom. The van der Waals surface area contributed by atoms with E-state index in [1.165, 1.54) is 0 Å². The van der Waals surface area contributed by atoms with Gasteiger partial charge in [0.05, 0.1) is 16.2 Å². The largest absolute Gasteiger partial charge is 0.511 e. The first-order valence-corrected chi connectivity index (χ1v) is 10.8. The lowest BCUT2D eigenvalue weighted by Crippen LogP contribution is -2.25. The molecule has 1 aliphatic carbocycles. The molecule has 0 radical (unpaired) electrons. The van der Waals surface area contributed by atoms with Gasteiger partial charge in [-0.1, -0.05) is 18.1 Å². The Labute approximate surface area is 166 Å². The van der Waals surface area contributed by atoms with Crippen LogP contribution in [0.3, 0.4) is 0 Å². The molecule has 0 saturated heterocycles. The second kappa shape index (κ2) is 8.45. The summed E-state index contributed by atoms with van der Waals surface area (Å²) >= 11 is 0. The molecular weight excluding hydrogens is 380 g/mol. The first kappa shape index (κ1) is 22.1. The summed E-state index contributed by atoms with van der Waals surface area (Å²) in [6.45, 7) is 9.26. The van der Waals surface area contributed by atoms with Crippen LogP contribution in [-0.4, -0.2) is 31.6 Å². The fourth-order valence-corrected chi connectivity index (χ4v) is 5.15. The number of Topliss-reactive ketones (excluding diaryl/α,β-unsaturated/α-hetero) is 1. The fourth-order valence-electron chi connectivity index (χ4n) is 4.10. The van der Waals surface area contributed by atoms with E-state index in [0.717, 1.165) is 11.1 Å². The van der Waals surface area contributed by atoms with E-state index in [0.29, 0.717) is 29.9 Å². The molecule has 0 aromatic heterocycles. The molecular formula is C20H28N2O5S. The molecule has 0 spiro atoms. The van der Waals surface area contributed by atoms with Gasteiger partial charge in [0.2, 0.25) is 10.0 Å². The third kappa shape index (κ3) is 4.28. The zero-order valence-electron chi connectivity index (χ0n) is 17.0. The minimum Gasteiger partial charge on any atom is -0.511 e. The monoisotopic (exact) mass is 408 g/mol. The van der Waals surface area contributed by atoms with Crippen molar-refractivity contribution in [2.24, 2.45) is 10.3 Å². The number of aryl methyl sites for hydroxylation is 2. The Balaban J connectivity index is 2.55. The normalized spacial score (nSPS) is 18.6. The van der Waals surface area contributed by atoms with Crippen LogP contribution < -0.4 is 5.14 Å². The van der Waals surface area contributed by atoms with Gasteiger partial charge in [-0.15, -0.1) is 0 Å². The van der Waals surface area contributed by atoms with Crippen molar-refractivity contribution in [2.75, 3.05) is 6.61 Å². The third-order valence-corrected chi connectivity index (χ3v) is 6.22. The molecule has 2 rings (SSSR count). The molecule has 1 unspecified atom stereocenters. The van der Waals surface area contributed by atoms with E-state index in [4.69, 9.17) is 9.98 Å². The number of aliphatic hydroxyl groups excluding tert-OH is 1. The van der Waals surface area contributed by atoms with E-state index < -0.39 is 10.0 Å². The Hall–Kier alpha value is -2.19. The van der Waals surface area contributed by atoms with Crippen molar-refractivity contribution in [1.82, 2.24) is 0 Å². The summed E-state index contributed by atoms with van der Waals surface area (Å²) in [5.41, 5.74) is 3.35. The SMILES string of the molecule is CCO/N=C(/CC)C1=C(O)CC(c2c(C)cc(C)c(S(N)(=O)=O)c2C)CC1=O. The van der Waals surface area contributed by atoms with E-state index in [1.54, 1.807) is 26.8 Å². The van der Waals surface area contributed by atoms with Crippen molar-refractivity contribution in [2.45, 2.75) is 64.7 Å². The molecule has 0 bridgehead atoms. The molecule has 0 saturated carbocycles. The molecule has 8 heteroatoms. The summed E-state index contributed by atoms with van der Waals surface area (Å²) < 4.78 is 24.1. The highest BCUT2D eigenvalue weighted by atomic mass is 32.2. The van der Waals surface area contributed by atoms with E-state index in [9.17, 15) is 18.3 Å². The summed E-state index contributed by atoms with van der Waals surface area (Å²) in [5.74, 6) is -0.605. The number of nitrogens with zero attached hydrogens (tertiary/aromatic N) is 1. The van der Waals surface area contributed by atoms with Crippen LogP contribution in [0.15, 0.2) is 27.4 Å². The number of carbonyl (C=O) groups excluding carboxylic acids is 1. The summed E-state index contributed by atoms with van der Waals surface area (Å²) in [7, 11) is -3.90. The molecule has 1 aromatic carbocycles. The van der Waals surface area contributed by atoms with Crippen molar-refractivity contribution in [1.29, 1.82) is 0 Å². The zero-order chi connectivity index (χ0) is 21.2. The van der Waals surface area contributed by atoms with E-state index >= 15 is 0 Å². The number of carbonyl (C=O) groups is 1. The first-order chi connectivity index (χ1) is 13.0. The van der Waals surface area contributed by atoms with Crippen LogP contribution in [-0.2, 0) is 19.7 Å². The van der Waals surface area contributed by atoms with E-state index in [-0.39, 0.29) is 40.8 Å². The molecule has 1 aromatic rings. The number of hydrogen-bond acceptors (Lipinski definition) is 6. The highest BCUT2D eigenvalue weighted by molar-refractivity contribution is 7.89. The summed E-state index contributed by atoms with van der Waals surface area (Å²) in [6, 6.07) is 1.76. The molecule has 3 N–H and O–H groups in total. The van der Waals surface area contributed by atoms with Crippen molar-refractivity contribution >= 4 is 21.5 Å². The fraction of sp³-hybridized carbons (Fsp3) is 0.500. The van der Waals surface area contributed by atoms with Crippen molar-refractivity contribution < 1.29 is 23.2 Å². The van der Waals surface area contributed by atoms with Gasteiger partial charge in [-0.3, -0.25) is 4.79 Å². The molecule has 154 valence electrons. The van der Waals surface area contributed by atoms with Gasteiger partial charge in [0, 0.05) is 12.8 Å². The number of benzene rings is 1. The van der Waals surface area contributed by atoms with Crippen LogP contribution in [0.4, 0.5) is 0 Å². The molecule has 7 nitrogen and oxygen atoms in total. The molecule has 0 aliphatic heterocycles. The van der Waals surface area contributed by atoms with Gasteiger partial charge in [0.15, 0.2) is 5.78 Å². The predicted octanol–water partition coefficient (Wildman–Crippen LogP) is 3.32. The smallest absolute Gasteiger partial charge is 0.238 e. The number of allylic oxidation sites excluding steroid dienone is 2. The molecule has 1 atom stereocenters. The van der Waals surface area contributed by atoms with E-state index in [2.05, 4.69) is 5.16 Å². The molecule has 0 fully saturated rings. The Bertz CT molecular complexity index is 961. The van der Waals surface area contributed by atoms with Gasteiger partial charge in [-0.05, 0) is 62.3 Å². The van der Waals surface area contributed by atoms with Crippen LogP contribution in [0.5, 0.6) is 0 Å². The number of nitrogens with two attached hydrogens (primary N) is 1. The van der Waals surface area contributed by atoms with Gasteiger partial charge >= 0.3 is 0 Å². The lowest BCUT2D eigenvalue weighted by molar-refractivity contribution is -0.116. The number of primary sulfonamides is 1. The highest BCUT2D eigenvalue weighted by Crippen LogP contribution is 2.39. The number of ketones is 1. The Morgan fingerprint density at radius 2 is 1.89 bits per heavy atom. The number of aliphatic hydroxyl groups is 1. The maximum Gasteiger partial charge on any atom is 0.238 e. The zero-order valence-corrected chi connectivity index (χ0v) is 17.8.